The molecule has 2 aliphatic rings. The molecular weight excluding hydrogens is 452 g/mol. The number of benzene rings is 1. The number of carbonyl (C=O) groups is 1. The number of thioether (sulfide) groups is 1. The summed E-state index contributed by atoms with van der Waals surface area (Å²) in [4.78, 5) is 16.7. The first-order valence-electron chi connectivity index (χ1n) is 10.8. The van der Waals surface area contributed by atoms with Gasteiger partial charge in [0.15, 0.2) is 9.84 Å². The SMILES string of the molecule is O=C(CSc1nnc(CC2CCS(=O)(=O)C2)o1)N1CCN(CCOc2ccccc2)CC1. The number of amides is 1. The van der Waals surface area contributed by atoms with Gasteiger partial charge in [0.1, 0.15) is 12.4 Å². The molecule has 1 atom stereocenters. The Morgan fingerprint density at radius 2 is 1.94 bits per heavy atom. The largest absolute Gasteiger partial charge is 0.492 e. The fraction of sp³-hybridized carbons (Fsp3) is 0.571. The average molecular weight is 481 g/mol. The summed E-state index contributed by atoms with van der Waals surface area (Å²) in [5.41, 5.74) is 0. The summed E-state index contributed by atoms with van der Waals surface area (Å²) in [5.74, 6) is 2.06. The van der Waals surface area contributed by atoms with Crippen LogP contribution >= 0.6 is 11.8 Å². The summed E-state index contributed by atoms with van der Waals surface area (Å²) in [5, 5.41) is 8.34. The molecule has 3 heterocycles. The molecule has 174 valence electrons. The highest BCUT2D eigenvalue weighted by molar-refractivity contribution is 7.99. The lowest BCUT2D eigenvalue weighted by atomic mass is 10.1. The van der Waals surface area contributed by atoms with Crippen LogP contribution in [0.1, 0.15) is 12.3 Å². The second-order valence-electron chi connectivity index (χ2n) is 8.11. The molecular formula is C21H28N4O5S2. The highest BCUT2D eigenvalue weighted by atomic mass is 32.2. The fourth-order valence-electron chi connectivity index (χ4n) is 3.90. The van der Waals surface area contributed by atoms with E-state index in [9.17, 15) is 13.2 Å². The zero-order valence-corrected chi connectivity index (χ0v) is 19.5. The number of aromatic nitrogens is 2. The van der Waals surface area contributed by atoms with Crippen LogP contribution in [0.15, 0.2) is 40.0 Å². The van der Waals surface area contributed by atoms with Crippen LogP contribution < -0.4 is 4.74 Å². The third-order valence-corrected chi connectivity index (χ3v) is 8.34. The minimum Gasteiger partial charge on any atom is -0.492 e. The van der Waals surface area contributed by atoms with Crippen molar-refractivity contribution in [3.63, 3.8) is 0 Å². The molecule has 1 aromatic heterocycles. The zero-order chi connectivity index (χ0) is 22.4. The van der Waals surface area contributed by atoms with E-state index in [4.69, 9.17) is 9.15 Å². The van der Waals surface area contributed by atoms with Crippen LogP contribution in [-0.4, -0.2) is 90.9 Å². The topological polar surface area (TPSA) is 106 Å². The third-order valence-electron chi connectivity index (χ3n) is 5.70. The maximum atomic E-state index is 12.5. The van der Waals surface area contributed by atoms with Crippen molar-refractivity contribution >= 4 is 27.5 Å². The van der Waals surface area contributed by atoms with E-state index >= 15 is 0 Å². The number of carbonyl (C=O) groups excluding carboxylic acids is 1. The molecule has 32 heavy (non-hydrogen) atoms. The van der Waals surface area contributed by atoms with Gasteiger partial charge in [0.05, 0.1) is 17.3 Å². The van der Waals surface area contributed by atoms with Crippen molar-refractivity contribution in [1.29, 1.82) is 0 Å². The lowest BCUT2D eigenvalue weighted by Crippen LogP contribution is -2.50. The van der Waals surface area contributed by atoms with Gasteiger partial charge in [-0.2, -0.15) is 0 Å². The van der Waals surface area contributed by atoms with Crippen LogP contribution in [0.5, 0.6) is 5.75 Å². The van der Waals surface area contributed by atoms with Gasteiger partial charge in [-0.1, -0.05) is 30.0 Å². The number of nitrogens with zero attached hydrogens (tertiary/aromatic N) is 4. The van der Waals surface area contributed by atoms with Gasteiger partial charge in [-0.15, -0.1) is 10.2 Å². The molecule has 9 nitrogen and oxygen atoms in total. The van der Waals surface area contributed by atoms with Gasteiger partial charge in [-0.3, -0.25) is 9.69 Å². The molecule has 4 rings (SSSR count). The van der Waals surface area contributed by atoms with Crippen LogP contribution in [0, 0.1) is 5.92 Å². The van der Waals surface area contributed by atoms with Crippen molar-refractivity contribution in [1.82, 2.24) is 20.0 Å². The zero-order valence-electron chi connectivity index (χ0n) is 17.9. The quantitative estimate of drug-likeness (QED) is 0.492. The minimum atomic E-state index is -2.92. The van der Waals surface area contributed by atoms with E-state index in [1.807, 2.05) is 35.2 Å². The maximum Gasteiger partial charge on any atom is 0.277 e. The highest BCUT2D eigenvalue weighted by Crippen LogP contribution is 2.24. The molecule has 1 amide bonds. The number of ether oxygens (including phenoxy) is 1. The first kappa shape index (κ1) is 23.1. The molecule has 0 N–H and O–H groups in total. The van der Waals surface area contributed by atoms with Crippen molar-refractivity contribution < 1.29 is 22.4 Å². The van der Waals surface area contributed by atoms with Crippen LogP contribution in [0.25, 0.3) is 0 Å². The van der Waals surface area contributed by atoms with Gasteiger partial charge < -0.3 is 14.1 Å². The van der Waals surface area contributed by atoms with Crippen molar-refractivity contribution in [2.24, 2.45) is 5.92 Å². The van der Waals surface area contributed by atoms with E-state index in [0.717, 1.165) is 25.4 Å². The first-order chi connectivity index (χ1) is 15.5. The molecule has 0 spiro atoms. The molecule has 0 saturated carbocycles. The average Bonchev–Trinajstić information content (AvgIpc) is 3.38. The minimum absolute atomic E-state index is 0.0364. The van der Waals surface area contributed by atoms with Crippen LogP contribution in [0.2, 0.25) is 0 Å². The maximum absolute atomic E-state index is 12.5. The lowest BCUT2D eigenvalue weighted by molar-refractivity contribution is -0.130. The molecule has 11 heteroatoms. The summed E-state index contributed by atoms with van der Waals surface area (Å²) in [6.07, 6.45) is 1.10. The monoisotopic (exact) mass is 480 g/mol. The summed E-state index contributed by atoms with van der Waals surface area (Å²) in [6.45, 7) is 4.48. The Hall–Kier alpha value is -2.11. The van der Waals surface area contributed by atoms with Gasteiger partial charge >= 0.3 is 0 Å². The van der Waals surface area contributed by atoms with Crippen LogP contribution in [-0.2, 0) is 21.1 Å². The molecule has 0 radical (unpaired) electrons. The Morgan fingerprint density at radius 3 is 2.66 bits per heavy atom. The summed E-state index contributed by atoms with van der Waals surface area (Å²) < 4.78 is 34.5. The van der Waals surface area contributed by atoms with Gasteiger partial charge in [-0.25, -0.2) is 8.42 Å². The van der Waals surface area contributed by atoms with E-state index in [0.29, 0.717) is 43.7 Å². The Kier molecular flexibility index (Phi) is 7.69. The van der Waals surface area contributed by atoms with Gasteiger partial charge in [0.25, 0.3) is 5.22 Å². The second-order valence-corrected chi connectivity index (χ2v) is 11.3. The Balaban J connectivity index is 1.13. The van der Waals surface area contributed by atoms with E-state index < -0.39 is 9.84 Å². The Bertz CT molecular complexity index is 991. The molecule has 2 aliphatic heterocycles. The molecule has 1 aromatic carbocycles. The smallest absolute Gasteiger partial charge is 0.277 e. The van der Waals surface area contributed by atoms with Crippen LogP contribution in [0.3, 0.4) is 0 Å². The predicted molar refractivity (Wildman–Crippen MR) is 120 cm³/mol. The normalized spacial score (nSPS) is 21.0. The van der Waals surface area contributed by atoms with Gasteiger partial charge in [0, 0.05) is 39.1 Å². The fourth-order valence-corrected chi connectivity index (χ4v) is 6.45. The van der Waals surface area contributed by atoms with E-state index in [1.54, 1.807) is 0 Å². The van der Waals surface area contributed by atoms with Crippen molar-refractivity contribution in [3.05, 3.63) is 36.2 Å². The molecule has 1 unspecified atom stereocenters. The van der Waals surface area contributed by atoms with Crippen molar-refractivity contribution in [2.75, 3.05) is 56.6 Å². The summed E-state index contributed by atoms with van der Waals surface area (Å²) in [7, 11) is -2.92. The van der Waals surface area contributed by atoms with E-state index in [2.05, 4.69) is 15.1 Å². The number of sulfone groups is 1. The molecule has 0 bridgehead atoms. The van der Waals surface area contributed by atoms with Crippen molar-refractivity contribution in [2.45, 2.75) is 18.1 Å². The molecule has 2 aromatic rings. The van der Waals surface area contributed by atoms with E-state index in [-0.39, 0.29) is 29.1 Å². The Labute approximate surface area is 192 Å². The standard InChI is InChI=1S/C21H28N4O5S2/c26-20(15-31-21-23-22-19(30-21)14-17-6-13-32(27,28)16-17)25-9-7-24(8-10-25)11-12-29-18-4-2-1-3-5-18/h1-5,17H,6-16H2. The number of para-hydroxylation sites is 1. The lowest BCUT2D eigenvalue weighted by Gasteiger charge is -2.34. The van der Waals surface area contributed by atoms with Gasteiger partial charge in [0.2, 0.25) is 11.8 Å². The first-order valence-corrected chi connectivity index (χ1v) is 13.6. The predicted octanol–water partition coefficient (Wildman–Crippen LogP) is 1.36. The number of hydrogen-bond acceptors (Lipinski definition) is 9. The van der Waals surface area contributed by atoms with E-state index in [1.165, 1.54) is 11.8 Å². The Morgan fingerprint density at radius 1 is 1.16 bits per heavy atom. The van der Waals surface area contributed by atoms with Crippen LogP contribution in [0.4, 0.5) is 0 Å². The summed E-state index contributed by atoms with van der Waals surface area (Å²) in [6, 6.07) is 9.76. The molecule has 0 aliphatic carbocycles. The summed E-state index contributed by atoms with van der Waals surface area (Å²) >= 11 is 1.23. The second kappa shape index (κ2) is 10.7. The number of hydrogen-bond donors (Lipinski definition) is 0. The number of piperazine rings is 1. The highest BCUT2D eigenvalue weighted by Gasteiger charge is 2.29. The molecule has 2 fully saturated rings. The van der Waals surface area contributed by atoms with Gasteiger partial charge in [-0.05, 0) is 24.5 Å². The van der Waals surface area contributed by atoms with Crippen molar-refractivity contribution in [3.8, 4) is 5.75 Å². The third kappa shape index (κ3) is 6.69. The molecule has 2 saturated heterocycles. The number of rotatable bonds is 9.